The molecule has 0 radical (unpaired) electrons. The van der Waals surface area contributed by atoms with Crippen molar-refractivity contribution in [1.29, 1.82) is 10.5 Å². The summed E-state index contributed by atoms with van der Waals surface area (Å²) in [6.45, 7) is 0. The maximum atomic E-state index is 14.0. The van der Waals surface area contributed by atoms with Crippen LogP contribution in [0.5, 0.6) is 11.5 Å². The van der Waals surface area contributed by atoms with Crippen molar-refractivity contribution in [3.8, 4) is 23.6 Å². The van der Waals surface area contributed by atoms with Crippen molar-refractivity contribution in [1.82, 2.24) is 0 Å². The van der Waals surface area contributed by atoms with Crippen LogP contribution in [0.4, 0.5) is 8.78 Å². The van der Waals surface area contributed by atoms with Crippen LogP contribution in [-0.2, 0) is 12.8 Å². The minimum atomic E-state index is -0.805. The number of benzene rings is 4. The number of rotatable bonds is 14. The second-order valence-corrected chi connectivity index (χ2v) is 10.7. The highest BCUT2D eigenvalue weighted by molar-refractivity contribution is 5.92. The summed E-state index contributed by atoms with van der Waals surface area (Å²) in [6.07, 6.45) is 9.70. The summed E-state index contributed by atoms with van der Waals surface area (Å²) in [7, 11) is 0. The van der Waals surface area contributed by atoms with E-state index in [0.29, 0.717) is 11.5 Å². The standard InChI is InChI=1S/C37H32F2N2O4/c38-34-22-28(24-40)14-20-32(34)36(42)44-30-16-10-26(11-17-30)8-6-4-2-1-3-5-7-9-27-12-18-31(19-13-27)45-37(43)33-21-15-29(25-41)23-35(33)39/h10-23H,1-9H2. The molecule has 0 fully saturated rings. The third-order valence-electron chi connectivity index (χ3n) is 7.33. The molecule has 0 bridgehead atoms. The third kappa shape index (κ3) is 9.84. The summed E-state index contributed by atoms with van der Waals surface area (Å²) >= 11 is 0. The number of nitriles is 2. The van der Waals surface area contributed by atoms with E-state index in [9.17, 15) is 18.4 Å². The number of halogens is 2. The molecule has 0 aliphatic rings. The molecule has 4 aromatic carbocycles. The highest BCUT2D eigenvalue weighted by Crippen LogP contribution is 2.20. The van der Waals surface area contributed by atoms with Gasteiger partial charge in [0.2, 0.25) is 0 Å². The SMILES string of the molecule is N#Cc1ccc(C(=O)Oc2ccc(CCCCCCCCCc3ccc(OC(=O)c4ccc(C#N)cc4F)cc3)cc2)c(F)c1. The molecule has 8 heteroatoms. The summed E-state index contributed by atoms with van der Waals surface area (Å²) in [4.78, 5) is 24.5. The molecule has 0 aromatic heterocycles. The van der Waals surface area contributed by atoms with Gasteiger partial charge in [-0.05, 0) is 97.5 Å². The molecule has 0 spiro atoms. The minimum absolute atomic E-state index is 0.138. The number of unbranched alkanes of at least 4 members (excludes halogenated alkanes) is 6. The molecule has 0 aliphatic carbocycles. The van der Waals surface area contributed by atoms with Gasteiger partial charge in [-0.3, -0.25) is 0 Å². The van der Waals surface area contributed by atoms with Gasteiger partial charge >= 0.3 is 11.9 Å². The van der Waals surface area contributed by atoms with Crippen LogP contribution in [0.1, 0.15) is 87.9 Å². The number of aryl methyl sites for hydroxylation is 2. The quantitative estimate of drug-likeness (QED) is 0.0809. The van der Waals surface area contributed by atoms with Gasteiger partial charge in [0, 0.05) is 0 Å². The Morgan fingerprint density at radius 2 is 0.889 bits per heavy atom. The third-order valence-corrected chi connectivity index (χ3v) is 7.33. The summed E-state index contributed by atoms with van der Waals surface area (Å²) < 4.78 is 38.6. The van der Waals surface area contributed by atoms with E-state index < -0.39 is 23.6 Å². The molecule has 6 nitrogen and oxygen atoms in total. The van der Waals surface area contributed by atoms with E-state index in [1.165, 1.54) is 30.7 Å². The summed E-state index contributed by atoms with van der Waals surface area (Å²) in [5.74, 6) is -2.51. The summed E-state index contributed by atoms with van der Waals surface area (Å²) in [5.41, 5.74) is 2.13. The maximum absolute atomic E-state index is 14.0. The lowest BCUT2D eigenvalue weighted by atomic mass is 10.0. The van der Waals surface area contributed by atoms with Gasteiger partial charge in [-0.25, -0.2) is 18.4 Å². The Morgan fingerprint density at radius 3 is 1.22 bits per heavy atom. The Balaban J connectivity index is 1.06. The number of esters is 2. The van der Waals surface area contributed by atoms with Gasteiger partial charge in [-0.15, -0.1) is 0 Å². The molecule has 0 amide bonds. The van der Waals surface area contributed by atoms with Gasteiger partial charge in [0.25, 0.3) is 0 Å². The molecule has 0 N–H and O–H groups in total. The average molecular weight is 607 g/mol. The lowest BCUT2D eigenvalue weighted by Gasteiger charge is -2.07. The number of hydrogen-bond acceptors (Lipinski definition) is 6. The van der Waals surface area contributed by atoms with Crippen LogP contribution in [0.15, 0.2) is 84.9 Å². The lowest BCUT2D eigenvalue weighted by molar-refractivity contribution is 0.0720. The summed E-state index contributed by atoms with van der Waals surface area (Å²) in [6, 6.07) is 25.4. The predicted molar refractivity (Wildman–Crippen MR) is 165 cm³/mol. The first-order chi connectivity index (χ1) is 21.9. The average Bonchev–Trinajstić information content (AvgIpc) is 3.05. The molecule has 228 valence electrons. The Hall–Kier alpha value is -5.34. The van der Waals surface area contributed by atoms with Crippen LogP contribution >= 0.6 is 0 Å². The van der Waals surface area contributed by atoms with Crippen LogP contribution < -0.4 is 9.47 Å². The zero-order valence-corrected chi connectivity index (χ0v) is 24.7. The Labute approximate surface area is 261 Å². The Kier molecular flexibility index (Phi) is 11.9. The molecule has 0 heterocycles. The second-order valence-electron chi connectivity index (χ2n) is 10.7. The van der Waals surface area contributed by atoms with E-state index >= 15 is 0 Å². The minimum Gasteiger partial charge on any atom is -0.423 e. The van der Waals surface area contributed by atoms with E-state index in [2.05, 4.69) is 0 Å². The van der Waals surface area contributed by atoms with Gasteiger partial charge in [0.15, 0.2) is 0 Å². The zero-order chi connectivity index (χ0) is 32.0. The van der Waals surface area contributed by atoms with Gasteiger partial charge in [-0.1, -0.05) is 56.4 Å². The van der Waals surface area contributed by atoms with E-state index in [1.807, 2.05) is 36.4 Å². The predicted octanol–water partition coefficient (Wildman–Crippen LogP) is 8.66. The molecule has 0 unspecified atom stereocenters. The normalized spacial score (nSPS) is 10.5. The molecule has 0 atom stereocenters. The topological polar surface area (TPSA) is 100 Å². The number of nitrogens with zero attached hydrogens (tertiary/aromatic N) is 2. The molecule has 45 heavy (non-hydrogen) atoms. The molecular formula is C37H32F2N2O4. The number of carbonyl (C=O) groups is 2. The van der Waals surface area contributed by atoms with Crippen molar-refractivity contribution in [2.45, 2.75) is 57.8 Å². The first-order valence-corrected chi connectivity index (χ1v) is 14.9. The van der Waals surface area contributed by atoms with Crippen molar-refractivity contribution in [3.63, 3.8) is 0 Å². The van der Waals surface area contributed by atoms with Gasteiger partial charge in [0.1, 0.15) is 23.1 Å². The monoisotopic (exact) mass is 606 g/mol. The first kappa shape index (κ1) is 32.6. The fourth-order valence-electron chi connectivity index (χ4n) is 4.81. The molecule has 4 aromatic rings. The number of ether oxygens (including phenoxy) is 2. The van der Waals surface area contributed by atoms with Crippen molar-refractivity contribution < 1.29 is 27.8 Å². The summed E-state index contributed by atoms with van der Waals surface area (Å²) in [5, 5.41) is 17.7. The molecule has 0 aliphatic heterocycles. The second kappa shape index (κ2) is 16.5. The fraction of sp³-hybridized carbons (Fsp3) is 0.243. The fourth-order valence-corrected chi connectivity index (χ4v) is 4.81. The van der Waals surface area contributed by atoms with E-state index in [-0.39, 0.29) is 22.3 Å². The van der Waals surface area contributed by atoms with Crippen molar-refractivity contribution in [3.05, 3.63) is 130 Å². The maximum Gasteiger partial charge on any atom is 0.346 e. The van der Waals surface area contributed by atoms with Crippen LogP contribution in [0.25, 0.3) is 0 Å². The van der Waals surface area contributed by atoms with E-state index in [1.54, 1.807) is 24.3 Å². The van der Waals surface area contributed by atoms with Crippen molar-refractivity contribution in [2.24, 2.45) is 0 Å². The van der Waals surface area contributed by atoms with Crippen molar-refractivity contribution in [2.75, 3.05) is 0 Å². The van der Waals surface area contributed by atoms with E-state index in [0.717, 1.165) is 74.6 Å². The largest absolute Gasteiger partial charge is 0.423 e. The van der Waals surface area contributed by atoms with Gasteiger partial charge in [-0.2, -0.15) is 10.5 Å². The molecular weight excluding hydrogens is 574 g/mol. The van der Waals surface area contributed by atoms with Crippen molar-refractivity contribution >= 4 is 11.9 Å². The smallest absolute Gasteiger partial charge is 0.346 e. The Morgan fingerprint density at radius 1 is 0.533 bits per heavy atom. The van der Waals surface area contributed by atoms with Crippen LogP contribution in [0, 0.1) is 34.3 Å². The lowest BCUT2D eigenvalue weighted by Crippen LogP contribution is -2.10. The van der Waals surface area contributed by atoms with Crippen LogP contribution in [0.2, 0.25) is 0 Å². The molecule has 0 saturated heterocycles. The zero-order valence-electron chi connectivity index (χ0n) is 24.7. The number of hydrogen-bond donors (Lipinski definition) is 0. The van der Waals surface area contributed by atoms with Crippen LogP contribution in [-0.4, -0.2) is 11.9 Å². The highest BCUT2D eigenvalue weighted by atomic mass is 19.1. The van der Waals surface area contributed by atoms with E-state index in [4.69, 9.17) is 20.0 Å². The Bertz CT molecular complexity index is 1580. The molecule has 4 rings (SSSR count). The molecule has 0 saturated carbocycles. The first-order valence-electron chi connectivity index (χ1n) is 14.9. The van der Waals surface area contributed by atoms with Gasteiger partial charge < -0.3 is 9.47 Å². The number of carbonyl (C=O) groups excluding carboxylic acids is 2. The van der Waals surface area contributed by atoms with Crippen LogP contribution in [0.3, 0.4) is 0 Å². The van der Waals surface area contributed by atoms with Gasteiger partial charge in [0.05, 0.1) is 34.4 Å². The highest BCUT2D eigenvalue weighted by Gasteiger charge is 2.16.